The second kappa shape index (κ2) is 7.69. The van der Waals surface area contributed by atoms with Crippen molar-refractivity contribution >= 4 is 26.7 Å². The number of alkyl halides is 3. The van der Waals surface area contributed by atoms with Gasteiger partial charge in [0.2, 0.25) is 5.13 Å². The molecule has 0 atom stereocenters. The SMILES string of the molecule is Cc1cc(C(F)(F)F)ccc1Oc1ccc(S(=O)(=O)Nc2ncns2)cc1C#N. The van der Waals surface area contributed by atoms with E-state index in [9.17, 15) is 26.9 Å². The van der Waals surface area contributed by atoms with Gasteiger partial charge < -0.3 is 4.74 Å². The van der Waals surface area contributed by atoms with E-state index in [2.05, 4.69) is 14.1 Å². The van der Waals surface area contributed by atoms with Crippen molar-refractivity contribution in [2.45, 2.75) is 18.0 Å². The van der Waals surface area contributed by atoms with E-state index in [4.69, 9.17) is 4.74 Å². The number of rotatable bonds is 5. The number of aromatic nitrogens is 2. The summed E-state index contributed by atoms with van der Waals surface area (Å²) in [6.07, 6.45) is -3.30. The minimum Gasteiger partial charge on any atom is -0.456 e. The number of hydrogen-bond donors (Lipinski definition) is 1. The highest BCUT2D eigenvalue weighted by atomic mass is 32.2. The van der Waals surface area contributed by atoms with Gasteiger partial charge in [0.15, 0.2) is 0 Å². The lowest BCUT2D eigenvalue weighted by Crippen LogP contribution is -2.13. The van der Waals surface area contributed by atoms with Gasteiger partial charge in [-0.05, 0) is 48.9 Å². The molecule has 1 heterocycles. The van der Waals surface area contributed by atoms with Gasteiger partial charge >= 0.3 is 6.18 Å². The zero-order valence-electron chi connectivity index (χ0n) is 14.6. The van der Waals surface area contributed by atoms with Crippen LogP contribution in [0.15, 0.2) is 47.6 Å². The van der Waals surface area contributed by atoms with Crippen LogP contribution in [0.4, 0.5) is 18.3 Å². The van der Waals surface area contributed by atoms with Gasteiger partial charge in [-0.25, -0.2) is 13.4 Å². The molecule has 0 saturated heterocycles. The molecular weight excluding hydrogens is 429 g/mol. The Bertz CT molecular complexity index is 1190. The Hall–Kier alpha value is -3.17. The molecule has 3 aromatic rings. The van der Waals surface area contributed by atoms with Crippen LogP contribution in [-0.2, 0) is 16.2 Å². The Kier molecular flexibility index (Phi) is 5.45. The van der Waals surface area contributed by atoms with Crippen molar-refractivity contribution in [1.82, 2.24) is 9.36 Å². The maximum Gasteiger partial charge on any atom is 0.416 e. The molecule has 0 radical (unpaired) electrons. The van der Waals surface area contributed by atoms with Gasteiger partial charge in [0.05, 0.1) is 16.0 Å². The first-order chi connectivity index (χ1) is 13.6. The number of hydrogen-bond acceptors (Lipinski definition) is 7. The van der Waals surface area contributed by atoms with E-state index < -0.39 is 21.8 Å². The van der Waals surface area contributed by atoms with Crippen LogP contribution in [-0.4, -0.2) is 17.8 Å². The highest BCUT2D eigenvalue weighted by molar-refractivity contribution is 7.93. The van der Waals surface area contributed by atoms with Crippen LogP contribution >= 0.6 is 11.5 Å². The molecule has 12 heteroatoms. The quantitative estimate of drug-likeness (QED) is 0.633. The van der Waals surface area contributed by atoms with Crippen LogP contribution in [0.5, 0.6) is 11.5 Å². The van der Waals surface area contributed by atoms with E-state index in [1.165, 1.54) is 25.4 Å². The summed E-state index contributed by atoms with van der Waals surface area (Å²) in [7, 11) is -4.01. The van der Waals surface area contributed by atoms with Crippen LogP contribution in [0.2, 0.25) is 0 Å². The number of nitrogens with one attached hydrogen (secondary N) is 1. The number of nitriles is 1. The lowest BCUT2D eigenvalue weighted by molar-refractivity contribution is -0.137. The molecule has 2 aromatic carbocycles. The van der Waals surface area contributed by atoms with E-state index in [-0.39, 0.29) is 32.7 Å². The number of sulfonamides is 1. The molecule has 1 N–H and O–H groups in total. The minimum absolute atomic E-state index is 0.00484. The van der Waals surface area contributed by atoms with Gasteiger partial charge in [-0.1, -0.05) is 0 Å². The Morgan fingerprint density at radius 3 is 2.48 bits per heavy atom. The van der Waals surface area contributed by atoms with Crippen molar-refractivity contribution in [3.8, 4) is 17.6 Å². The molecule has 0 spiro atoms. The van der Waals surface area contributed by atoms with Crippen LogP contribution in [0.1, 0.15) is 16.7 Å². The van der Waals surface area contributed by atoms with Crippen molar-refractivity contribution in [3.05, 3.63) is 59.4 Å². The van der Waals surface area contributed by atoms with Gasteiger partial charge in [-0.3, -0.25) is 4.72 Å². The Labute approximate surface area is 167 Å². The summed E-state index contributed by atoms with van der Waals surface area (Å²) < 4.78 is 74.6. The monoisotopic (exact) mass is 440 g/mol. The summed E-state index contributed by atoms with van der Waals surface area (Å²) in [5.74, 6) is 0.113. The lowest BCUT2D eigenvalue weighted by Gasteiger charge is -2.13. The first kappa shape index (κ1) is 20.6. The molecule has 0 bridgehead atoms. The molecule has 0 saturated carbocycles. The molecule has 7 nitrogen and oxygen atoms in total. The van der Waals surface area contributed by atoms with E-state index in [0.717, 1.165) is 35.8 Å². The summed E-state index contributed by atoms with van der Waals surface area (Å²) in [5, 5.41) is 9.41. The molecular formula is C17H11F3N4O3S2. The smallest absolute Gasteiger partial charge is 0.416 e. The third-order valence-corrected chi connectivity index (χ3v) is 5.73. The summed E-state index contributed by atoms with van der Waals surface area (Å²) >= 11 is 0.843. The number of nitrogens with zero attached hydrogens (tertiary/aromatic N) is 3. The number of halogens is 3. The van der Waals surface area contributed by atoms with E-state index in [0.29, 0.717) is 0 Å². The number of anilines is 1. The predicted molar refractivity (Wildman–Crippen MR) is 98.1 cm³/mol. The number of ether oxygens (including phenoxy) is 1. The third kappa shape index (κ3) is 4.64. The first-order valence-corrected chi connectivity index (χ1v) is 10.0. The normalized spacial score (nSPS) is 11.7. The lowest BCUT2D eigenvalue weighted by atomic mass is 10.1. The molecule has 0 amide bonds. The molecule has 150 valence electrons. The molecule has 1 aromatic heterocycles. The van der Waals surface area contributed by atoms with Gasteiger partial charge in [0.1, 0.15) is 23.9 Å². The Morgan fingerprint density at radius 1 is 1.17 bits per heavy atom. The van der Waals surface area contributed by atoms with E-state index >= 15 is 0 Å². The topological polar surface area (TPSA) is 105 Å². The molecule has 3 rings (SSSR count). The average Bonchev–Trinajstić information content (AvgIpc) is 3.15. The molecule has 0 aliphatic carbocycles. The fourth-order valence-electron chi connectivity index (χ4n) is 2.30. The summed E-state index contributed by atoms with van der Waals surface area (Å²) in [6, 6.07) is 8.30. The molecule has 29 heavy (non-hydrogen) atoms. The molecule has 0 unspecified atom stereocenters. The minimum atomic E-state index is -4.49. The van der Waals surface area contributed by atoms with Gasteiger partial charge in [-0.2, -0.15) is 22.8 Å². The van der Waals surface area contributed by atoms with Gasteiger partial charge in [0.25, 0.3) is 10.0 Å². The fraction of sp³-hybridized carbons (Fsp3) is 0.118. The highest BCUT2D eigenvalue weighted by Crippen LogP contribution is 2.35. The van der Waals surface area contributed by atoms with E-state index in [1.54, 1.807) is 0 Å². The summed E-state index contributed by atoms with van der Waals surface area (Å²) in [4.78, 5) is 3.52. The molecule has 0 fully saturated rings. The maximum absolute atomic E-state index is 12.8. The van der Waals surface area contributed by atoms with E-state index in [1.807, 2.05) is 6.07 Å². The average molecular weight is 440 g/mol. The zero-order valence-corrected chi connectivity index (χ0v) is 16.2. The third-order valence-electron chi connectivity index (χ3n) is 3.69. The fourth-order valence-corrected chi connectivity index (χ4v) is 3.99. The van der Waals surface area contributed by atoms with Gasteiger partial charge in [0, 0.05) is 11.5 Å². The molecule has 0 aliphatic rings. The largest absolute Gasteiger partial charge is 0.456 e. The predicted octanol–water partition coefficient (Wildman–Crippen LogP) is 4.33. The van der Waals surface area contributed by atoms with Crippen molar-refractivity contribution in [3.63, 3.8) is 0 Å². The maximum atomic E-state index is 12.8. The van der Waals surface area contributed by atoms with Crippen molar-refractivity contribution < 1.29 is 26.3 Å². The van der Waals surface area contributed by atoms with Crippen LogP contribution in [0.25, 0.3) is 0 Å². The van der Waals surface area contributed by atoms with Gasteiger partial charge in [-0.15, -0.1) is 0 Å². The number of benzene rings is 2. The standard InChI is InChI=1S/C17H11F3N4O3S2/c1-10-6-12(17(18,19)20)2-4-14(10)27-15-5-3-13(7-11(15)8-21)29(25,26)24-16-22-9-23-28-16/h2-7,9H,1H3,(H,22,23,24). The van der Waals surface area contributed by atoms with Crippen LogP contribution < -0.4 is 9.46 Å². The Morgan fingerprint density at radius 2 is 1.90 bits per heavy atom. The number of aryl methyl sites for hydroxylation is 1. The Balaban J connectivity index is 1.89. The van der Waals surface area contributed by atoms with Crippen LogP contribution in [0, 0.1) is 18.3 Å². The van der Waals surface area contributed by atoms with Crippen LogP contribution in [0.3, 0.4) is 0 Å². The second-order valence-electron chi connectivity index (χ2n) is 5.70. The zero-order chi connectivity index (χ0) is 21.2. The van der Waals surface area contributed by atoms with Crippen molar-refractivity contribution in [2.75, 3.05) is 4.72 Å². The second-order valence-corrected chi connectivity index (χ2v) is 8.16. The highest BCUT2D eigenvalue weighted by Gasteiger charge is 2.30. The molecule has 0 aliphatic heterocycles. The van der Waals surface area contributed by atoms with Crippen molar-refractivity contribution in [1.29, 1.82) is 5.26 Å². The van der Waals surface area contributed by atoms with Crippen molar-refractivity contribution in [2.24, 2.45) is 0 Å². The summed E-state index contributed by atoms with van der Waals surface area (Å²) in [6.45, 7) is 1.43. The summed E-state index contributed by atoms with van der Waals surface area (Å²) in [5.41, 5.74) is -0.727. The first-order valence-electron chi connectivity index (χ1n) is 7.79.